The highest BCUT2D eigenvalue weighted by atomic mass is 16.8. The monoisotopic (exact) mass is 808 g/mol. The van der Waals surface area contributed by atoms with E-state index in [1.165, 1.54) is 13.8 Å². The molecule has 0 unspecified atom stereocenters. The number of carbonyl (C=O) groups is 8. The molecule has 0 amide bonds. The van der Waals surface area contributed by atoms with Crippen LogP contribution in [0.1, 0.15) is 69.2 Å². The van der Waals surface area contributed by atoms with Crippen LogP contribution < -0.4 is 0 Å². The predicted octanol–water partition coefficient (Wildman–Crippen LogP) is -0.951. The zero-order valence-electron chi connectivity index (χ0n) is 32.4. The van der Waals surface area contributed by atoms with Gasteiger partial charge >= 0.3 is 47.8 Å². The van der Waals surface area contributed by atoms with Gasteiger partial charge in [-0.25, -0.2) is 0 Å². The first-order valence-corrected chi connectivity index (χ1v) is 17.4. The number of hydrogen-bond acceptors (Lipinski definition) is 22. The van der Waals surface area contributed by atoms with Crippen LogP contribution in [0, 0.1) is 0 Å². The summed E-state index contributed by atoms with van der Waals surface area (Å²) in [6.45, 7) is 10.6. The van der Waals surface area contributed by atoms with Gasteiger partial charge in [0.05, 0.1) is 12.2 Å². The van der Waals surface area contributed by atoms with Crippen molar-refractivity contribution in [2.45, 2.75) is 161 Å². The highest BCUT2D eigenvalue weighted by Gasteiger charge is 2.58. The van der Waals surface area contributed by atoms with Crippen LogP contribution in [0.2, 0.25) is 0 Å². The van der Waals surface area contributed by atoms with Gasteiger partial charge in [-0.1, -0.05) is 0 Å². The number of carbonyl (C=O) groups excluding carboxylic acids is 8. The third kappa shape index (κ3) is 12.5. The third-order valence-electron chi connectivity index (χ3n) is 8.21. The zero-order valence-corrected chi connectivity index (χ0v) is 32.4. The van der Waals surface area contributed by atoms with Gasteiger partial charge < -0.3 is 66.7 Å². The summed E-state index contributed by atoms with van der Waals surface area (Å²) in [5, 5.41) is 11.3. The molecule has 0 aromatic heterocycles. The van der Waals surface area contributed by atoms with Gasteiger partial charge in [0.15, 0.2) is 73.8 Å². The van der Waals surface area contributed by atoms with E-state index in [1.807, 2.05) is 0 Å². The van der Waals surface area contributed by atoms with E-state index in [-0.39, 0.29) is 0 Å². The molecule has 3 fully saturated rings. The van der Waals surface area contributed by atoms with E-state index in [9.17, 15) is 43.5 Å². The summed E-state index contributed by atoms with van der Waals surface area (Å²) < 4.78 is 73.5. The summed E-state index contributed by atoms with van der Waals surface area (Å²) >= 11 is 0. The average Bonchev–Trinajstić information content (AvgIpc) is 3.04. The Hall–Kier alpha value is -4.48. The Morgan fingerprint density at radius 2 is 0.732 bits per heavy atom. The minimum absolute atomic E-state index is 0.567. The Bertz CT molecular complexity index is 1460. The maximum atomic E-state index is 12.6. The van der Waals surface area contributed by atoms with Crippen LogP contribution >= 0.6 is 0 Å². The molecule has 56 heavy (non-hydrogen) atoms. The molecule has 0 aromatic carbocycles. The van der Waals surface area contributed by atoms with Crippen LogP contribution in [0.3, 0.4) is 0 Å². The second-order valence-corrected chi connectivity index (χ2v) is 13.0. The lowest BCUT2D eigenvalue weighted by atomic mass is 9.96. The van der Waals surface area contributed by atoms with Gasteiger partial charge in [0.2, 0.25) is 0 Å². The molecule has 3 aliphatic rings. The van der Waals surface area contributed by atoms with Gasteiger partial charge in [-0.2, -0.15) is 0 Å². The molecule has 0 aliphatic carbocycles. The summed E-state index contributed by atoms with van der Waals surface area (Å²) in [6.07, 6.45) is -23.9. The molecule has 22 nitrogen and oxygen atoms in total. The van der Waals surface area contributed by atoms with E-state index >= 15 is 0 Å². The zero-order chi connectivity index (χ0) is 42.2. The Labute approximate surface area is 320 Å². The second-order valence-electron chi connectivity index (χ2n) is 13.0. The van der Waals surface area contributed by atoms with Gasteiger partial charge in [-0.3, -0.25) is 38.4 Å². The van der Waals surface area contributed by atoms with E-state index in [0.717, 1.165) is 55.4 Å². The Kier molecular flexibility index (Phi) is 16.5. The van der Waals surface area contributed by atoms with Crippen LogP contribution in [0.25, 0.3) is 0 Å². The quantitative estimate of drug-likeness (QED) is 0.173. The summed E-state index contributed by atoms with van der Waals surface area (Å²) in [4.78, 5) is 97.8. The third-order valence-corrected chi connectivity index (χ3v) is 8.21. The maximum absolute atomic E-state index is 12.6. The van der Waals surface area contributed by atoms with E-state index in [0.29, 0.717) is 0 Å². The summed E-state index contributed by atoms with van der Waals surface area (Å²) in [5.74, 6) is -6.95. The van der Waals surface area contributed by atoms with Crippen molar-refractivity contribution in [2.24, 2.45) is 0 Å². The Balaban J connectivity index is 2.18. The molecule has 0 aromatic rings. The first-order valence-electron chi connectivity index (χ1n) is 17.4. The molecule has 316 valence electrons. The fourth-order valence-corrected chi connectivity index (χ4v) is 6.33. The van der Waals surface area contributed by atoms with E-state index in [4.69, 9.17) is 61.6 Å². The number of rotatable bonds is 13. The highest BCUT2D eigenvalue weighted by molar-refractivity contribution is 5.69. The molecule has 0 spiro atoms. The summed E-state index contributed by atoms with van der Waals surface area (Å²) in [5.41, 5.74) is 0. The molecular formula is C34H48O22. The smallest absolute Gasteiger partial charge is 0.303 e. The lowest BCUT2D eigenvalue weighted by molar-refractivity contribution is -0.387. The summed E-state index contributed by atoms with van der Waals surface area (Å²) in [7, 11) is 0. The molecule has 1 N–H and O–H groups in total. The molecule has 3 aliphatic heterocycles. The summed E-state index contributed by atoms with van der Waals surface area (Å²) in [6, 6.07) is 0. The fourth-order valence-electron chi connectivity index (χ4n) is 6.33. The fraction of sp³-hybridized carbons (Fsp3) is 0.765. The molecule has 0 bridgehead atoms. The number of esters is 8. The first kappa shape index (κ1) is 45.9. The standard InChI is InChI=1S/C34H48O22/c1-12-23(47-15(4)36)26(50-18(7)39)30(53-21(10)42)33(45-12)56-31-27(51-19(8)40)24(48-16(5)37)13(2)46-34(31)55-29-28(52-20(9)41)25(49-17(6)38)22(54-32(29)43)11-44-14(3)35/h12-13,22-34,43H,11H2,1-10H3/t12-,13-,22+,23-,24-,25-,26+,27+,28-,29+,30+,31+,32-,33-,34-/m0/s1. The number of aliphatic hydroxyl groups excluding tert-OH is 1. The van der Waals surface area contributed by atoms with Gasteiger partial charge in [0.25, 0.3) is 0 Å². The average molecular weight is 809 g/mol. The number of aliphatic hydroxyl groups is 1. The normalized spacial score (nSPS) is 35.4. The highest BCUT2D eigenvalue weighted by Crippen LogP contribution is 2.37. The van der Waals surface area contributed by atoms with E-state index in [1.54, 1.807) is 0 Å². The van der Waals surface area contributed by atoms with Gasteiger partial charge in [0.1, 0.15) is 12.7 Å². The molecule has 0 saturated carbocycles. The van der Waals surface area contributed by atoms with Crippen LogP contribution in [0.15, 0.2) is 0 Å². The SMILES string of the molecule is CC(=O)OC[C@H]1O[C@H](O)[C@H](O[C@@H]2O[C@@H](C)[C@H](OC(C)=O)[C@@H](OC(C)=O)[C@H]2O[C@@H]2O[C@@H](C)[C@H](OC(C)=O)[C@@H](OC(C)=O)[C@H]2OC(C)=O)[C@@H](OC(C)=O)[C@H]1OC(C)=O. The first-order chi connectivity index (χ1) is 26.1. The number of hydrogen-bond donors (Lipinski definition) is 1. The minimum atomic E-state index is -2.04. The van der Waals surface area contributed by atoms with Crippen LogP contribution in [0.4, 0.5) is 0 Å². The van der Waals surface area contributed by atoms with Crippen molar-refractivity contribution in [1.29, 1.82) is 0 Å². The maximum Gasteiger partial charge on any atom is 0.303 e. The van der Waals surface area contributed by atoms with Crippen molar-refractivity contribution in [3.8, 4) is 0 Å². The van der Waals surface area contributed by atoms with Crippen LogP contribution in [-0.2, 0) is 99.9 Å². The van der Waals surface area contributed by atoms with Crippen molar-refractivity contribution in [1.82, 2.24) is 0 Å². The van der Waals surface area contributed by atoms with E-state index in [2.05, 4.69) is 0 Å². The van der Waals surface area contributed by atoms with Crippen molar-refractivity contribution >= 4 is 47.8 Å². The van der Waals surface area contributed by atoms with Crippen LogP contribution in [0.5, 0.6) is 0 Å². The number of ether oxygens (including phenoxy) is 13. The molecule has 15 atom stereocenters. The molecule has 3 heterocycles. The van der Waals surface area contributed by atoms with Crippen molar-refractivity contribution < 1.29 is 105 Å². The predicted molar refractivity (Wildman–Crippen MR) is 175 cm³/mol. The molecule has 3 rings (SSSR count). The Morgan fingerprint density at radius 3 is 1.14 bits per heavy atom. The van der Waals surface area contributed by atoms with E-state index < -0.39 is 146 Å². The lowest BCUT2D eigenvalue weighted by Crippen LogP contribution is -2.68. The molecule has 3 saturated heterocycles. The topological polar surface area (TPSA) is 277 Å². The van der Waals surface area contributed by atoms with Gasteiger partial charge in [-0.05, 0) is 13.8 Å². The Morgan fingerprint density at radius 1 is 0.411 bits per heavy atom. The lowest BCUT2D eigenvalue weighted by Gasteiger charge is -2.50. The van der Waals surface area contributed by atoms with Crippen molar-refractivity contribution in [3.05, 3.63) is 0 Å². The molecule has 22 heteroatoms. The van der Waals surface area contributed by atoms with Crippen molar-refractivity contribution in [2.75, 3.05) is 6.61 Å². The van der Waals surface area contributed by atoms with Gasteiger partial charge in [-0.15, -0.1) is 0 Å². The van der Waals surface area contributed by atoms with Crippen molar-refractivity contribution in [3.63, 3.8) is 0 Å². The molecule has 0 radical (unpaired) electrons. The van der Waals surface area contributed by atoms with Gasteiger partial charge in [0, 0.05) is 55.4 Å². The molecular weight excluding hydrogens is 760 g/mol. The largest absolute Gasteiger partial charge is 0.463 e. The minimum Gasteiger partial charge on any atom is -0.463 e. The van der Waals surface area contributed by atoms with Crippen LogP contribution in [-0.4, -0.2) is 152 Å². The second kappa shape index (κ2) is 20.1.